The number of benzene rings is 2. The van der Waals surface area contributed by atoms with Crippen LogP contribution < -0.4 is 10.5 Å². The van der Waals surface area contributed by atoms with Crippen molar-refractivity contribution in [3.05, 3.63) is 64.7 Å². The molecule has 0 radical (unpaired) electrons. The van der Waals surface area contributed by atoms with Crippen LogP contribution in [0.25, 0.3) is 0 Å². The van der Waals surface area contributed by atoms with Gasteiger partial charge in [0.1, 0.15) is 5.75 Å². The highest BCUT2D eigenvalue weighted by molar-refractivity contribution is 5.40. The van der Waals surface area contributed by atoms with E-state index in [1.54, 1.807) is 18.2 Å². The molecule has 1 atom stereocenters. The molecule has 1 heterocycles. The molecule has 3 nitrogen and oxygen atoms in total. The molecule has 0 spiro atoms. The molecule has 2 N–H and O–H groups in total. The van der Waals surface area contributed by atoms with E-state index >= 15 is 0 Å². The first-order valence-corrected chi connectivity index (χ1v) is 6.63. The molecule has 0 amide bonds. The third-order valence-electron chi connectivity index (χ3n) is 3.55. The van der Waals surface area contributed by atoms with Crippen molar-refractivity contribution < 1.29 is 18.3 Å². The Morgan fingerprint density at radius 1 is 1.00 bits per heavy atom. The lowest BCUT2D eigenvalue weighted by Gasteiger charge is -2.15. The van der Waals surface area contributed by atoms with Gasteiger partial charge in [0.25, 0.3) is 0 Å². The maximum Gasteiger partial charge on any atom is 0.387 e. The predicted octanol–water partition coefficient (Wildman–Crippen LogP) is 3.37. The van der Waals surface area contributed by atoms with Gasteiger partial charge in [0.05, 0.1) is 19.3 Å². The van der Waals surface area contributed by atoms with Crippen LogP contribution in [0.2, 0.25) is 0 Å². The summed E-state index contributed by atoms with van der Waals surface area (Å²) in [4.78, 5) is 0. The average Bonchev–Trinajstić information content (AvgIpc) is 2.93. The second kappa shape index (κ2) is 5.79. The van der Waals surface area contributed by atoms with Crippen molar-refractivity contribution in [2.24, 2.45) is 5.73 Å². The van der Waals surface area contributed by atoms with Crippen molar-refractivity contribution in [2.75, 3.05) is 0 Å². The molecule has 0 fully saturated rings. The van der Waals surface area contributed by atoms with Crippen molar-refractivity contribution in [1.82, 2.24) is 0 Å². The first-order chi connectivity index (χ1) is 10.1. The maximum atomic E-state index is 12.3. The van der Waals surface area contributed by atoms with Crippen molar-refractivity contribution in [3.8, 4) is 5.75 Å². The van der Waals surface area contributed by atoms with E-state index < -0.39 is 12.7 Å². The summed E-state index contributed by atoms with van der Waals surface area (Å²) in [6.45, 7) is -1.62. The molecule has 5 heteroatoms. The van der Waals surface area contributed by atoms with Crippen molar-refractivity contribution in [3.63, 3.8) is 0 Å². The monoisotopic (exact) mass is 291 g/mol. The van der Waals surface area contributed by atoms with Gasteiger partial charge in [0.2, 0.25) is 0 Å². The topological polar surface area (TPSA) is 44.5 Å². The highest BCUT2D eigenvalue weighted by atomic mass is 19.3. The van der Waals surface area contributed by atoms with Crippen LogP contribution in [-0.2, 0) is 18.0 Å². The van der Waals surface area contributed by atoms with Gasteiger partial charge in [-0.3, -0.25) is 0 Å². The standard InChI is InChI=1S/C16H15F2NO2/c17-16(18)21-14-3-1-2-10(7-14)15(19)11-4-5-12-8-20-9-13(12)6-11/h1-7,15-16H,8-9,19H2. The van der Waals surface area contributed by atoms with Crippen molar-refractivity contribution in [2.45, 2.75) is 25.9 Å². The molecular formula is C16H15F2NO2. The minimum atomic E-state index is -2.84. The highest BCUT2D eigenvalue weighted by Gasteiger charge is 2.16. The summed E-state index contributed by atoms with van der Waals surface area (Å²) < 4.78 is 34.3. The van der Waals surface area contributed by atoms with Crippen LogP contribution in [0.3, 0.4) is 0 Å². The van der Waals surface area contributed by atoms with Crippen LogP contribution in [0, 0.1) is 0 Å². The SMILES string of the molecule is NC(c1cccc(OC(F)F)c1)c1ccc2c(c1)COC2. The molecular weight excluding hydrogens is 276 g/mol. The number of rotatable bonds is 4. The minimum absolute atomic E-state index is 0.113. The van der Waals surface area contributed by atoms with Crippen molar-refractivity contribution in [1.29, 1.82) is 0 Å². The smallest absolute Gasteiger partial charge is 0.387 e. The first kappa shape index (κ1) is 14.0. The lowest BCUT2D eigenvalue weighted by molar-refractivity contribution is -0.0498. The fourth-order valence-electron chi connectivity index (χ4n) is 2.46. The van der Waals surface area contributed by atoms with Crippen LogP contribution >= 0.6 is 0 Å². The zero-order valence-electron chi connectivity index (χ0n) is 11.3. The van der Waals surface area contributed by atoms with Gasteiger partial charge >= 0.3 is 6.61 Å². The molecule has 0 aromatic heterocycles. The van der Waals surface area contributed by atoms with E-state index in [2.05, 4.69) is 4.74 Å². The van der Waals surface area contributed by atoms with E-state index in [0.717, 1.165) is 16.7 Å². The van der Waals surface area contributed by atoms with Gasteiger partial charge in [-0.2, -0.15) is 8.78 Å². The number of hydrogen-bond donors (Lipinski definition) is 1. The summed E-state index contributed by atoms with van der Waals surface area (Å²) in [5, 5.41) is 0. The van der Waals surface area contributed by atoms with Crippen molar-refractivity contribution >= 4 is 0 Å². The summed E-state index contributed by atoms with van der Waals surface area (Å²) >= 11 is 0. The maximum absolute atomic E-state index is 12.3. The second-order valence-corrected chi connectivity index (χ2v) is 4.95. The number of ether oxygens (including phenoxy) is 2. The van der Waals surface area contributed by atoms with E-state index in [1.165, 1.54) is 11.6 Å². The number of fused-ring (bicyclic) bond motifs is 1. The first-order valence-electron chi connectivity index (χ1n) is 6.63. The number of alkyl halides is 2. The summed E-state index contributed by atoms with van der Waals surface area (Å²) in [6, 6.07) is 12.0. The Bertz CT molecular complexity index is 646. The van der Waals surface area contributed by atoms with E-state index in [1.807, 2.05) is 18.2 Å². The lowest BCUT2D eigenvalue weighted by atomic mass is 9.96. The number of halogens is 2. The molecule has 1 aliphatic heterocycles. The summed E-state index contributed by atoms with van der Waals surface area (Å²) in [5.74, 6) is 0.113. The Morgan fingerprint density at radius 2 is 1.76 bits per heavy atom. The largest absolute Gasteiger partial charge is 0.435 e. The Hall–Kier alpha value is -1.98. The second-order valence-electron chi connectivity index (χ2n) is 4.95. The quantitative estimate of drug-likeness (QED) is 0.939. The normalized spacial score (nSPS) is 15.0. The molecule has 1 unspecified atom stereocenters. The van der Waals surface area contributed by atoms with Gasteiger partial charge in [0.15, 0.2) is 0 Å². The minimum Gasteiger partial charge on any atom is -0.435 e. The molecule has 0 saturated carbocycles. The van der Waals surface area contributed by atoms with Crippen LogP contribution in [0.15, 0.2) is 42.5 Å². The molecule has 0 saturated heterocycles. The molecule has 0 bridgehead atoms. The summed E-state index contributed by atoms with van der Waals surface area (Å²) in [6.07, 6.45) is 0. The van der Waals surface area contributed by atoms with Crippen LogP contribution in [0.1, 0.15) is 28.3 Å². The fraction of sp³-hybridized carbons (Fsp3) is 0.250. The van der Waals surface area contributed by atoms with Crippen LogP contribution in [-0.4, -0.2) is 6.61 Å². The molecule has 21 heavy (non-hydrogen) atoms. The lowest BCUT2D eigenvalue weighted by Crippen LogP contribution is -2.12. The number of hydrogen-bond acceptors (Lipinski definition) is 3. The zero-order chi connectivity index (χ0) is 14.8. The molecule has 0 aliphatic carbocycles. The Kier molecular flexibility index (Phi) is 3.86. The molecule has 1 aliphatic rings. The summed E-state index contributed by atoms with van der Waals surface area (Å²) in [5.41, 5.74) is 10.2. The van der Waals surface area contributed by atoms with Gasteiger partial charge in [-0.25, -0.2) is 0 Å². The van der Waals surface area contributed by atoms with Gasteiger partial charge in [0, 0.05) is 0 Å². The van der Waals surface area contributed by atoms with Gasteiger partial charge in [-0.1, -0.05) is 30.3 Å². The Morgan fingerprint density at radius 3 is 2.57 bits per heavy atom. The highest BCUT2D eigenvalue weighted by Crippen LogP contribution is 2.28. The third kappa shape index (κ3) is 3.04. The third-order valence-corrected chi connectivity index (χ3v) is 3.55. The molecule has 3 rings (SSSR count). The molecule has 2 aromatic carbocycles. The summed E-state index contributed by atoms with van der Waals surface area (Å²) in [7, 11) is 0. The Labute approximate surface area is 121 Å². The van der Waals surface area contributed by atoms with Gasteiger partial charge in [-0.05, 0) is 34.4 Å². The van der Waals surface area contributed by atoms with Gasteiger partial charge in [-0.15, -0.1) is 0 Å². The average molecular weight is 291 g/mol. The zero-order valence-corrected chi connectivity index (χ0v) is 11.3. The predicted molar refractivity (Wildman–Crippen MR) is 74.0 cm³/mol. The van der Waals surface area contributed by atoms with E-state index in [0.29, 0.717) is 13.2 Å². The van der Waals surface area contributed by atoms with Crippen LogP contribution in [0.4, 0.5) is 8.78 Å². The van der Waals surface area contributed by atoms with Crippen LogP contribution in [0.5, 0.6) is 5.75 Å². The molecule has 2 aromatic rings. The number of nitrogens with two attached hydrogens (primary N) is 1. The molecule has 110 valence electrons. The van der Waals surface area contributed by atoms with E-state index in [4.69, 9.17) is 10.5 Å². The Balaban J connectivity index is 1.86. The van der Waals surface area contributed by atoms with E-state index in [-0.39, 0.29) is 5.75 Å². The van der Waals surface area contributed by atoms with E-state index in [9.17, 15) is 8.78 Å². The van der Waals surface area contributed by atoms with Gasteiger partial charge < -0.3 is 15.2 Å². The fourth-order valence-corrected chi connectivity index (χ4v) is 2.46.